The van der Waals surface area contributed by atoms with Gasteiger partial charge in [-0.15, -0.1) is 5.10 Å². The Kier molecular flexibility index (Phi) is 3.33. The van der Waals surface area contributed by atoms with Crippen LogP contribution in [-0.4, -0.2) is 15.0 Å². The van der Waals surface area contributed by atoms with Gasteiger partial charge in [-0.2, -0.15) is 0 Å². The van der Waals surface area contributed by atoms with Crippen molar-refractivity contribution in [1.29, 1.82) is 0 Å². The lowest BCUT2D eigenvalue weighted by atomic mass is 10.1. The van der Waals surface area contributed by atoms with E-state index in [2.05, 4.69) is 72.7 Å². The molecule has 0 saturated heterocycles. The Morgan fingerprint density at radius 3 is 2.10 bits per heavy atom. The van der Waals surface area contributed by atoms with E-state index in [0.29, 0.717) is 0 Å². The van der Waals surface area contributed by atoms with Gasteiger partial charge in [0, 0.05) is 5.56 Å². The van der Waals surface area contributed by atoms with Gasteiger partial charge in [-0.3, -0.25) is 0 Å². The summed E-state index contributed by atoms with van der Waals surface area (Å²) in [6.45, 7) is 4.92. The Morgan fingerprint density at radius 1 is 0.850 bits per heavy atom. The summed E-state index contributed by atoms with van der Waals surface area (Å²) >= 11 is 0. The second-order valence-electron chi connectivity index (χ2n) is 5.15. The predicted molar refractivity (Wildman–Crippen MR) is 80.5 cm³/mol. The van der Waals surface area contributed by atoms with E-state index in [9.17, 15) is 0 Å². The number of aromatic nitrogens is 3. The van der Waals surface area contributed by atoms with Gasteiger partial charge in [0.05, 0.1) is 12.7 Å². The van der Waals surface area contributed by atoms with Crippen LogP contribution in [0.3, 0.4) is 0 Å². The Balaban J connectivity index is 1.80. The third kappa shape index (κ3) is 2.77. The monoisotopic (exact) mass is 263 g/mol. The molecule has 0 amide bonds. The minimum absolute atomic E-state index is 0.749. The molecular formula is C17H17N3. The van der Waals surface area contributed by atoms with Gasteiger partial charge in [0.2, 0.25) is 0 Å². The molecule has 0 spiro atoms. The van der Waals surface area contributed by atoms with E-state index in [1.807, 2.05) is 10.9 Å². The van der Waals surface area contributed by atoms with Gasteiger partial charge in [0.1, 0.15) is 5.69 Å². The topological polar surface area (TPSA) is 30.7 Å². The molecule has 0 unspecified atom stereocenters. The van der Waals surface area contributed by atoms with Crippen molar-refractivity contribution in [3.05, 3.63) is 71.4 Å². The quantitative estimate of drug-likeness (QED) is 0.722. The zero-order chi connectivity index (χ0) is 13.9. The molecule has 3 heteroatoms. The minimum Gasteiger partial charge on any atom is -0.247 e. The summed E-state index contributed by atoms with van der Waals surface area (Å²) in [5.74, 6) is 0. The summed E-state index contributed by atoms with van der Waals surface area (Å²) < 4.78 is 1.87. The van der Waals surface area contributed by atoms with E-state index in [4.69, 9.17) is 0 Å². The molecule has 3 aromatic rings. The van der Waals surface area contributed by atoms with Crippen LogP contribution in [0, 0.1) is 13.8 Å². The summed E-state index contributed by atoms with van der Waals surface area (Å²) in [5.41, 5.74) is 5.77. The van der Waals surface area contributed by atoms with Crippen molar-refractivity contribution in [1.82, 2.24) is 15.0 Å². The Hall–Kier alpha value is -2.42. The molecule has 0 N–H and O–H groups in total. The summed E-state index contributed by atoms with van der Waals surface area (Å²) in [5, 5.41) is 8.44. The zero-order valence-corrected chi connectivity index (χ0v) is 11.7. The fraction of sp³-hybridized carbons (Fsp3) is 0.176. The predicted octanol–water partition coefficient (Wildman–Crippen LogP) is 3.61. The first-order valence-electron chi connectivity index (χ1n) is 6.73. The van der Waals surface area contributed by atoms with Gasteiger partial charge in [-0.1, -0.05) is 64.9 Å². The maximum absolute atomic E-state index is 4.24. The Bertz CT molecular complexity index is 694. The molecule has 0 bridgehead atoms. The van der Waals surface area contributed by atoms with Crippen molar-refractivity contribution in [2.45, 2.75) is 20.4 Å². The van der Waals surface area contributed by atoms with E-state index < -0.39 is 0 Å². The first kappa shape index (κ1) is 12.6. The second kappa shape index (κ2) is 5.29. The van der Waals surface area contributed by atoms with E-state index in [0.717, 1.165) is 17.8 Å². The summed E-state index contributed by atoms with van der Waals surface area (Å²) in [6, 6.07) is 16.8. The number of rotatable bonds is 3. The van der Waals surface area contributed by atoms with Crippen LogP contribution in [0.15, 0.2) is 54.7 Å². The van der Waals surface area contributed by atoms with Crippen LogP contribution in [0.4, 0.5) is 0 Å². The normalized spacial score (nSPS) is 10.7. The van der Waals surface area contributed by atoms with Crippen LogP contribution in [-0.2, 0) is 6.54 Å². The van der Waals surface area contributed by atoms with Gasteiger partial charge >= 0.3 is 0 Å². The average Bonchev–Trinajstić information content (AvgIpc) is 2.91. The number of nitrogens with zero attached hydrogens (tertiary/aromatic N) is 3. The summed E-state index contributed by atoms with van der Waals surface area (Å²) in [6.07, 6.45) is 1.99. The van der Waals surface area contributed by atoms with Gasteiger partial charge in [-0.05, 0) is 19.4 Å². The highest BCUT2D eigenvalue weighted by atomic mass is 15.4. The third-order valence-electron chi connectivity index (χ3n) is 3.35. The molecule has 0 aliphatic carbocycles. The largest absolute Gasteiger partial charge is 0.247 e. The van der Waals surface area contributed by atoms with Crippen molar-refractivity contribution in [2.75, 3.05) is 0 Å². The maximum atomic E-state index is 4.24. The lowest BCUT2D eigenvalue weighted by Crippen LogP contribution is -2.00. The molecule has 0 saturated carbocycles. The van der Waals surface area contributed by atoms with Crippen LogP contribution in [0.25, 0.3) is 11.3 Å². The van der Waals surface area contributed by atoms with Gasteiger partial charge < -0.3 is 0 Å². The van der Waals surface area contributed by atoms with Crippen molar-refractivity contribution in [3.63, 3.8) is 0 Å². The van der Waals surface area contributed by atoms with Crippen LogP contribution in [0.2, 0.25) is 0 Å². The van der Waals surface area contributed by atoms with Crippen molar-refractivity contribution in [2.24, 2.45) is 0 Å². The molecule has 1 heterocycles. The molecule has 3 rings (SSSR count). The fourth-order valence-electron chi connectivity index (χ4n) is 2.11. The van der Waals surface area contributed by atoms with E-state index in [1.54, 1.807) is 0 Å². The molecule has 0 atom stereocenters. The number of hydrogen-bond acceptors (Lipinski definition) is 2. The molecule has 0 radical (unpaired) electrons. The second-order valence-corrected chi connectivity index (χ2v) is 5.15. The Morgan fingerprint density at radius 2 is 1.45 bits per heavy atom. The van der Waals surface area contributed by atoms with Crippen molar-refractivity contribution in [3.8, 4) is 11.3 Å². The maximum Gasteiger partial charge on any atom is 0.113 e. The van der Waals surface area contributed by atoms with E-state index in [1.165, 1.54) is 16.7 Å². The van der Waals surface area contributed by atoms with Crippen LogP contribution >= 0.6 is 0 Å². The highest BCUT2D eigenvalue weighted by Gasteiger charge is 2.04. The lowest BCUT2D eigenvalue weighted by Gasteiger charge is -2.01. The number of benzene rings is 2. The lowest BCUT2D eigenvalue weighted by molar-refractivity contribution is 0.649. The first-order chi connectivity index (χ1) is 9.70. The SMILES string of the molecule is Cc1ccc(Cn2cc(-c3ccc(C)cc3)nn2)cc1. The van der Waals surface area contributed by atoms with Crippen LogP contribution < -0.4 is 0 Å². The molecular weight excluding hydrogens is 246 g/mol. The molecule has 3 nitrogen and oxygen atoms in total. The highest BCUT2D eigenvalue weighted by molar-refractivity contribution is 5.57. The highest BCUT2D eigenvalue weighted by Crippen LogP contribution is 2.17. The van der Waals surface area contributed by atoms with E-state index >= 15 is 0 Å². The summed E-state index contributed by atoms with van der Waals surface area (Å²) in [4.78, 5) is 0. The third-order valence-corrected chi connectivity index (χ3v) is 3.35. The van der Waals surface area contributed by atoms with Gasteiger partial charge in [0.25, 0.3) is 0 Å². The number of aryl methyl sites for hydroxylation is 2. The molecule has 2 aromatic carbocycles. The van der Waals surface area contributed by atoms with Gasteiger partial charge in [-0.25, -0.2) is 4.68 Å². The zero-order valence-electron chi connectivity index (χ0n) is 11.7. The average molecular weight is 263 g/mol. The van der Waals surface area contributed by atoms with Crippen molar-refractivity contribution < 1.29 is 0 Å². The number of hydrogen-bond donors (Lipinski definition) is 0. The molecule has 0 fully saturated rings. The minimum atomic E-state index is 0.749. The summed E-state index contributed by atoms with van der Waals surface area (Å²) in [7, 11) is 0. The molecule has 100 valence electrons. The van der Waals surface area contributed by atoms with E-state index in [-0.39, 0.29) is 0 Å². The van der Waals surface area contributed by atoms with Crippen LogP contribution in [0.5, 0.6) is 0 Å². The molecule has 0 aliphatic rings. The standard InChI is InChI=1S/C17H17N3/c1-13-3-7-15(8-4-13)11-20-12-17(18-19-20)16-9-5-14(2)6-10-16/h3-10,12H,11H2,1-2H3. The fourth-order valence-corrected chi connectivity index (χ4v) is 2.11. The smallest absolute Gasteiger partial charge is 0.113 e. The Labute approximate surface area is 118 Å². The molecule has 0 aliphatic heterocycles. The van der Waals surface area contributed by atoms with Crippen LogP contribution in [0.1, 0.15) is 16.7 Å². The molecule has 20 heavy (non-hydrogen) atoms. The first-order valence-corrected chi connectivity index (χ1v) is 6.73. The van der Waals surface area contributed by atoms with Crippen molar-refractivity contribution >= 4 is 0 Å². The molecule has 1 aromatic heterocycles. The van der Waals surface area contributed by atoms with Gasteiger partial charge in [0.15, 0.2) is 0 Å².